The number of rotatable bonds is 2. The lowest BCUT2D eigenvalue weighted by atomic mass is 9.94. The molecule has 0 radical (unpaired) electrons. The van der Waals surface area contributed by atoms with Crippen molar-refractivity contribution >= 4 is 28.3 Å². The maximum absolute atomic E-state index is 15.0. The van der Waals surface area contributed by atoms with E-state index in [2.05, 4.69) is 15.0 Å². The van der Waals surface area contributed by atoms with Crippen LogP contribution >= 0.6 is 0 Å². The van der Waals surface area contributed by atoms with Crippen molar-refractivity contribution < 1.29 is 27.1 Å². The van der Waals surface area contributed by atoms with Crippen LogP contribution in [-0.4, -0.2) is 43.8 Å². The van der Waals surface area contributed by atoms with E-state index in [1.165, 1.54) is 30.5 Å². The number of ether oxygens (including phenoxy) is 1. The van der Waals surface area contributed by atoms with Gasteiger partial charge in [0, 0.05) is 24.9 Å². The Hall–Kier alpha value is -3.80. The summed E-state index contributed by atoms with van der Waals surface area (Å²) in [4.78, 5) is 26.3. The smallest absolute Gasteiger partial charge is 0.382 e. The number of benzene rings is 1. The van der Waals surface area contributed by atoms with Gasteiger partial charge in [-0.2, -0.15) is 13.2 Å². The SMILES string of the molecule is C[C@H]1OC[C@@H](N(C)C(=O)c2cc3c(cc2F)nc(N)c2cncn23)c2cnc(C(F)(F)F)cc21. The molecule has 4 heterocycles. The molecule has 2 N–H and O–H groups in total. The number of nitrogens with zero attached hydrogens (tertiary/aromatic N) is 5. The second kappa shape index (κ2) is 7.62. The van der Waals surface area contributed by atoms with E-state index < -0.39 is 35.7 Å². The van der Waals surface area contributed by atoms with Gasteiger partial charge in [-0.25, -0.2) is 14.4 Å². The first-order valence-electron chi connectivity index (χ1n) is 10.2. The molecule has 0 aliphatic carbocycles. The summed E-state index contributed by atoms with van der Waals surface area (Å²) in [5, 5.41) is 0. The Morgan fingerprint density at radius 1 is 1.21 bits per heavy atom. The second-order valence-corrected chi connectivity index (χ2v) is 8.07. The quantitative estimate of drug-likeness (QED) is 0.442. The standard InChI is InChI=1S/C22H18F4N6O2/c1-10-11-4-19(22(24,25)26)29-6-13(11)18(8-34-10)31(2)21(33)12-3-16-15(5-14(12)23)30-20(27)17-7-28-9-32(16)17/h3-7,9-10,18H,8H2,1-2H3,(H2,27,30)/t10-,18-/m1/s1. The van der Waals surface area contributed by atoms with Gasteiger partial charge >= 0.3 is 6.18 Å². The molecule has 34 heavy (non-hydrogen) atoms. The molecule has 0 saturated heterocycles. The van der Waals surface area contributed by atoms with E-state index in [1.807, 2.05) is 0 Å². The van der Waals surface area contributed by atoms with Crippen LogP contribution in [0.25, 0.3) is 16.6 Å². The monoisotopic (exact) mass is 474 g/mol. The minimum atomic E-state index is -4.62. The maximum atomic E-state index is 15.0. The van der Waals surface area contributed by atoms with Gasteiger partial charge < -0.3 is 15.4 Å². The number of anilines is 1. The molecule has 2 atom stereocenters. The number of pyridine rings is 1. The predicted molar refractivity (Wildman–Crippen MR) is 113 cm³/mol. The maximum Gasteiger partial charge on any atom is 0.433 e. The lowest BCUT2D eigenvalue weighted by Gasteiger charge is -2.36. The number of amides is 1. The van der Waals surface area contributed by atoms with Crippen molar-refractivity contribution in [2.24, 2.45) is 0 Å². The molecule has 1 aliphatic rings. The Morgan fingerprint density at radius 3 is 2.71 bits per heavy atom. The molecule has 0 spiro atoms. The molecule has 1 amide bonds. The number of likely N-dealkylation sites (N-methyl/N-ethyl adjacent to an activating group) is 1. The first-order chi connectivity index (χ1) is 16.1. The van der Waals surface area contributed by atoms with E-state index in [0.29, 0.717) is 16.6 Å². The highest BCUT2D eigenvalue weighted by Gasteiger charge is 2.37. The van der Waals surface area contributed by atoms with Crippen molar-refractivity contribution in [3.63, 3.8) is 0 Å². The average Bonchev–Trinajstić information content (AvgIpc) is 3.28. The highest BCUT2D eigenvalue weighted by molar-refractivity contribution is 5.98. The van der Waals surface area contributed by atoms with E-state index in [0.717, 1.165) is 18.3 Å². The minimum Gasteiger partial charge on any atom is -0.382 e. The second-order valence-electron chi connectivity index (χ2n) is 8.07. The van der Waals surface area contributed by atoms with Crippen LogP contribution in [0.15, 0.2) is 36.9 Å². The van der Waals surface area contributed by atoms with Crippen molar-refractivity contribution in [3.8, 4) is 0 Å². The van der Waals surface area contributed by atoms with Gasteiger partial charge in [0.05, 0.1) is 47.9 Å². The summed E-state index contributed by atoms with van der Waals surface area (Å²) in [6, 6.07) is 2.62. The number of nitrogens with two attached hydrogens (primary N) is 1. The van der Waals surface area contributed by atoms with Gasteiger partial charge in [0.15, 0.2) is 0 Å². The molecule has 0 bridgehead atoms. The largest absolute Gasteiger partial charge is 0.433 e. The third-order valence-electron chi connectivity index (χ3n) is 6.04. The summed E-state index contributed by atoms with van der Waals surface area (Å²) in [5.41, 5.74) is 6.46. The predicted octanol–water partition coefficient (Wildman–Crippen LogP) is 3.92. The Kier molecular flexibility index (Phi) is 4.93. The molecule has 5 rings (SSSR count). The number of hydrogen-bond donors (Lipinski definition) is 1. The molecule has 0 unspecified atom stereocenters. The first kappa shape index (κ1) is 22.0. The highest BCUT2D eigenvalue weighted by Crippen LogP contribution is 2.38. The fraction of sp³-hybridized carbons (Fsp3) is 0.273. The molecule has 12 heteroatoms. The van der Waals surface area contributed by atoms with Gasteiger partial charge in [0.25, 0.3) is 5.91 Å². The lowest BCUT2D eigenvalue weighted by Crippen LogP contribution is -2.37. The molecule has 3 aromatic heterocycles. The summed E-state index contributed by atoms with van der Waals surface area (Å²) in [7, 11) is 1.44. The Labute approximate surface area is 190 Å². The first-order valence-corrected chi connectivity index (χ1v) is 10.2. The van der Waals surface area contributed by atoms with E-state index in [9.17, 15) is 22.4 Å². The van der Waals surface area contributed by atoms with Gasteiger partial charge in [0.2, 0.25) is 0 Å². The van der Waals surface area contributed by atoms with E-state index in [1.54, 1.807) is 11.3 Å². The van der Waals surface area contributed by atoms with Gasteiger partial charge in [-0.1, -0.05) is 0 Å². The summed E-state index contributed by atoms with van der Waals surface area (Å²) < 4.78 is 61.6. The summed E-state index contributed by atoms with van der Waals surface area (Å²) >= 11 is 0. The molecular formula is C22H18F4N6O2. The van der Waals surface area contributed by atoms with E-state index in [-0.39, 0.29) is 29.1 Å². The fourth-order valence-electron chi connectivity index (χ4n) is 4.20. The van der Waals surface area contributed by atoms with Crippen molar-refractivity contribution in [2.75, 3.05) is 19.4 Å². The van der Waals surface area contributed by atoms with E-state index >= 15 is 0 Å². The summed E-state index contributed by atoms with van der Waals surface area (Å²) in [5.74, 6) is -1.33. The zero-order chi connectivity index (χ0) is 24.4. The molecule has 0 saturated carbocycles. The Morgan fingerprint density at radius 2 is 1.97 bits per heavy atom. The number of carbonyl (C=O) groups excluding carboxylic acids is 1. The molecule has 1 aromatic carbocycles. The molecule has 8 nitrogen and oxygen atoms in total. The number of aromatic nitrogens is 4. The van der Waals surface area contributed by atoms with Crippen LogP contribution in [0.1, 0.15) is 46.2 Å². The van der Waals surface area contributed by atoms with Gasteiger partial charge in [-0.05, 0) is 24.6 Å². The van der Waals surface area contributed by atoms with Crippen LogP contribution in [0.3, 0.4) is 0 Å². The number of alkyl halides is 3. The van der Waals surface area contributed by atoms with Crippen LogP contribution in [0.2, 0.25) is 0 Å². The molecule has 0 fully saturated rings. The number of imidazole rings is 1. The van der Waals surface area contributed by atoms with Crippen LogP contribution in [0.5, 0.6) is 0 Å². The number of hydrogen-bond acceptors (Lipinski definition) is 6. The third kappa shape index (κ3) is 3.41. The van der Waals surface area contributed by atoms with E-state index in [4.69, 9.17) is 10.5 Å². The van der Waals surface area contributed by atoms with Crippen LogP contribution in [0, 0.1) is 5.82 Å². The normalized spacial score (nSPS) is 18.3. The van der Waals surface area contributed by atoms with Crippen molar-refractivity contribution in [1.29, 1.82) is 0 Å². The fourth-order valence-corrected chi connectivity index (χ4v) is 4.20. The van der Waals surface area contributed by atoms with Crippen molar-refractivity contribution in [3.05, 3.63) is 65.1 Å². The Balaban J connectivity index is 1.56. The number of nitrogen functional groups attached to an aromatic ring is 1. The summed E-state index contributed by atoms with van der Waals surface area (Å²) in [6.45, 7) is 1.64. The van der Waals surface area contributed by atoms with Gasteiger partial charge in [-0.15, -0.1) is 0 Å². The number of fused-ring (bicyclic) bond motifs is 4. The lowest BCUT2D eigenvalue weighted by molar-refractivity contribution is -0.141. The zero-order valence-corrected chi connectivity index (χ0v) is 18.0. The van der Waals surface area contributed by atoms with Crippen LogP contribution in [0.4, 0.5) is 23.4 Å². The van der Waals surface area contributed by atoms with Crippen LogP contribution in [-0.2, 0) is 10.9 Å². The highest BCUT2D eigenvalue weighted by atomic mass is 19.4. The Bertz CT molecular complexity index is 1450. The number of carbonyl (C=O) groups is 1. The topological polar surface area (TPSA) is 98.6 Å². The molecular weight excluding hydrogens is 456 g/mol. The molecule has 1 aliphatic heterocycles. The molecule has 4 aromatic rings. The molecule has 176 valence electrons. The number of halogens is 4. The van der Waals surface area contributed by atoms with Crippen molar-refractivity contribution in [2.45, 2.75) is 25.2 Å². The summed E-state index contributed by atoms with van der Waals surface area (Å²) in [6.07, 6.45) is -1.17. The van der Waals surface area contributed by atoms with Gasteiger partial charge in [-0.3, -0.25) is 14.2 Å². The third-order valence-corrected chi connectivity index (χ3v) is 6.04. The minimum absolute atomic E-state index is 0.0164. The average molecular weight is 474 g/mol. The van der Waals surface area contributed by atoms with Crippen LogP contribution < -0.4 is 5.73 Å². The zero-order valence-electron chi connectivity index (χ0n) is 18.0. The van der Waals surface area contributed by atoms with Gasteiger partial charge in [0.1, 0.15) is 22.8 Å². The van der Waals surface area contributed by atoms with Crippen molar-refractivity contribution in [1.82, 2.24) is 24.3 Å².